The van der Waals surface area contributed by atoms with Crippen LogP contribution >= 0.6 is 0 Å². The van der Waals surface area contributed by atoms with Gasteiger partial charge < -0.3 is 14.6 Å². The molecule has 1 saturated carbocycles. The molecule has 1 N–H and O–H groups in total. The van der Waals surface area contributed by atoms with Crippen LogP contribution in [-0.4, -0.2) is 35.4 Å². The average molecular weight is 376 g/mol. The molecule has 0 aromatic rings. The van der Waals surface area contributed by atoms with Crippen LogP contribution in [0.5, 0.6) is 0 Å². The average Bonchev–Trinajstić information content (AvgIpc) is 2.89. The minimum absolute atomic E-state index is 0.00913. The molecule has 1 heterocycles. The second kappa shape index (κ2) is 11.1. The molecule has 0 radical (unpaired) electrons. The summed E-state index contributed by atoms with van der Waals surface area (Å²) < 4.78 is 11.1. The Labute approximate surface area is 162 Å². The summed E-state index contributed by atoms with van der Waals surface area (Å²) in [6.07, 6.45) is 15.5. The lowest BCUT2D eigenvalue weighted by molar-refractivity contribution is -0.147. The number of cyclic esters (lactones) is 1. The maximum absolute atomic E-state index is 12.1. The van der Waals surface area contributed by atoms with Gasteiger partial charge in [-0.25, -0.2) is 0 Å². The summed E-state index contributed by atoms with van der Waals surface area (Å²) in [4.78, 5) is 23.6. The molecule has 0 aromatic heterocycles. The fourth-order valence-electron chi connectivity index (χ4n) is 3.80. The van der Waals surface area contributed by atoms with E-state index >= 15 is 0 Å². The Morgan fingerprint density at radius 3 is 2.89 bits per heavy atom. The van der Waals surface area contributed by atoms with Crippen molar-refractivity contribution >= 4 is 11.9 Å². The Morgan fingerprint density at radius 1 is 1.33 bits per heavy atom. The van der Waals surface area contributed by atoms with Crippen LogP contribution in [0.4, 0.5) is 0 Å². The Bertz CT molecular complexity index is 577. The highest BCUT2D eigenvalue weighted by Gasteiger charge is 2.42. The summed E-state index contributed by atoms with van der Waals surface area (Å²) >= 11 is 0. The first-order valence-electron chi connectivity index (χ1n) is 10.0. The molecular weight excluding hydrogens is 344 g/mol. The molecule has 1 aliphatic heterocycles. The summed E-state index contributed by atoms with van der Waals surface area (Å²) in [6.45, 7) is 3.45. The second-order valence-corrected chi connectivity index (χ2v) is 7.32. The summed E-state index contributed by atoms with van der Waals surface area (Å²) in [5.74, 6) is -0.633. The highest BCUT2D eigenvalue weighted by atomic mass is 16.5. The number of rotatable bonds is 4. The molecule has 2 aliphatic rings. The third-order valence-corrected chi connectivity index (χ3v) is 5.14. The SMILES string of the molecule is CC/C=C\C[C@H]1/C=C/[C@@H]2[C@@H](C/C=C\CCCC(=O)O1)[C@@H](O)C[C@H]2OC(C)=O. The fourth-order valence-corrected chi connectivity index (χ4v) is 3.80. The zero-order valence-corrected chi connectivity index (χ0v) is 16.4. The molecule has 150 valence electrons. The number of allylic oxidation sites excluding steroid dienone is 3. The van der Waals surface area contributed by atoms with Gasteiger partial charge in [0.05, 0.1) is 6.10 Å². The van der Waals surface area contributed by atoms with E-state index < -0.39 is 6.10 Å². The second-order valence-electron chi connectivity index (χ2n) is 7.32. The monoisotopic (exact) mass is 376 g/mol. The molecule has 0 aromatic carbocycles. The number of fused-ring (bicyclic) bond motifs is 1. The number of aliphatic hydroxyl groups excluding tert-OH is 1. The van der Waals surface area contributed by atoms with Gasteiger partial charge in [0, 0.05) is 32.1 Å². The largest absolute Gasteiger partial charge is 0.462 e. The van der Waals surface area contributed by atoms with Crippen molar-refractivity contribution in [2.75, 3.05) is 0 Å². The molecule has 0 spiro atoms. The molecule has 5 heteroatoms. The van der Waals surface area contributed by atoms with Crippen molar-refractivity contribution in [2.24, 2.45) is 11.8 Å². The van der Waals surface area contributed by atoms with Gasteiger partial charge in [-0.05, 0) is 37.7 Å². The van der Waals surface area contributed by atoms with Crippen LogP contribution < -0.4 is 0 Å². The topological polar surface area (TPSA) is 72.8 Å². The molecule has 5 atom stereocenters. The van der Waals surface area contributed by atoms with Crippen molar-refractivity contribution in [3.05, 3.63) is 36.5 Å². The first-order valence-corrected chi connectivity index (χ1v) is 10.0. The lowest BCUT2D eigenvalue weighted by Gasteiger charge is -2.22. The Hall–Kier alpha value is -1.88. The van der Waals surface area contributed by atoms with E-state index in [0.717, 1.165) is 25.7 Å². The molecule has 2 rings (SSSR count). The smallest absolute Gasteiger partial charge is 0.306 e. The third kappa shape index (κ3) is 6.98. The van der Waals surface area contributed by atoms with Crippen LogP contribution in [-0.2, 0) is 19.1 Å². The van der Waals surface area contributed by atoms with Gasteiger partial charge in [-0.15, -0.1) is 0 Å². The number of hydrogen-bond acceptors (Lipinski definition) is 5. The molecule has 0 amide bonds. The maximum Gasteiger partial charge on any atom is 0.306 e. The summed E-state index contributed by atoms with van der Waals surface area (Å²) in [5.41, 5.74) is 0. The summed E-state index contributed by atoms with van der Waals surface area (Å²) in [6, 6.07) is 0. The summed E-state index contributed by atoms with van der Waals surface area (Å²) in [5, 5.41) is 10.5. The number of ether oxygens (including phenoxy) is 2. The fraction of sp³-hybridized carbons (Fsp3) is 0.636. The van der Waals surface area contributed by atoms with Crippen molar-refractivity contribution in [1.82, 2.24) is 0 Å². The third-order valence-electron chi connectivity index (χ3n) is 5.14. The molecule has 5 nitrogen and oxygen atoms in total. The molecule has 0 saturated heterocycles. The zero-order valence-electron chi connectivity index (χ0n) is 16.4. The van der Waals surface area contributed by atoms with Crippen molar-refractivity contribution in [2.45, 2.75) is 77.1 Å². The van der Waals surface area contributed by atoms with E-state index in [1.807, 2.05) is 18.2 Å². The normalized spacial score (nSPS) is 34.6. The van der Waals surface area contributed by atoms with Gasteiger partial charge in [0.1, 0.15) is 12.2 Å². The van der Waals surface area contributed by atoms with Crippen LogP contribution in [0.2, 0.25) is 0 Å². The Balaban J connectivity index is 2.23. The van der Waals surface area contributed by atoms with Crippen LogP contribution in [0.15, 0.2) is 36.5 Å². The van der Waals surface area contributed by atoms with E-state index in [4.69, 9.17) is 9.47 Å². The molecule has 0 bridgehead atoms. The standard InChI is InChI=1S/C22H32O5/c1-3-4-7-10-17-13-14-19-18(20(24)15-21(19)26-16(2)23)11-8-5-6-9-12-22(25)27-17/h4-5,7-8,13-14,17-21,24H,3,6,9-12,15H2,1-2H3/b7-4-,8-5-,14-13+/t17-,18+,19+,20-,21+/m0/s1. The number of esters is 2. The minimum Gasteiger partial charge on any atom is -0.462 e. The van der Waals surface area contributed by atoms with E-state index in [9.17, 15) is 14.7 Å². The maximum atomic E-state index is 12.1. The molecule has 27 heavy (non-hydrogen) atoms. The number of carbonyl (C=O) groups excluding carboxylic acids is 2. The van der Waals surface area contributed by atoms with Crippen LogP contribution in [0, 0.1) is 11.8 Å². The van der Waals surface area contributed by atoms with E-state index in [1.165, 1.54) is 6.92 Å². The Kier molecular flexibility index (Phi) is 8.79. The minimum atomic E-state index is -0.514. The number of carbonyl (C=O) groups is 2. The van der Waals surface area contributed by atoms with Gasteiger partial charge in [0.15, 0.2) is 0 Å². The molecule has 0 unspecified atom stereocenters. The highest BCUT2D eigenvalue weighted by molar-refractivity contribution is 5.69. The van der Waals surface area contributed by atoms with Gasteiger partial charge in [-0.3, -0.25) is 9.59 Å². The Morgan fingerprint density at radius 2 is 2.15 bits per heavy atom. The van der Waals surface area contributed by atoms with Crippen LogP contribution in [0.25, 0.3) is 0 Å². The number of hydrogen-bond donors (Lipinski definition) is 1. The van der Waals surface area contributed by atoms with E-state index in [2.05, 4.69) is 25.2 Å². The van der Waals surface area contributed by atoms with Gasteiger partial charge in [0.2, 0.25) is 0 Å². The van der Waals surface area contributed by atoms with Gasteiger partial charge >= 0.3 is 11.9 Å². The highest BCUT2D eigenvalue weighted by Crippen LogP contribution is 2.38. The molecule has 1 fully saturated rings. The first kappa shape index (κ1) is 21.4. The van der Waals surface area contributed by atoms with Crippen LogP contribution in [0.1, 0.15) is 58.8 Å². The molecule has 1 aliphatic carbocycles. The lowest BCUT2D eigenvalue weighted by atomic mass is 9.89. The van der Waals surface area contributed by atoms with Gasteiger partial charge in [0.25, 0.3) is 0 Å². The first-order chi connectivity index (χ1) is 13.0. The van der Waals surface area contributed by atoms with E-state index in [0.29, 0.717) is 19.3 Å². The predicted octanol–water partition coefficient (Wildman–Crippen LogP) is 3.87. The molecular formula is C22H32O5. The van der Waals surface area contributed by atoms with Crippen molar-refractivity contribution in [1.29, 1.82) is 0 Å². The van der Waals surface area contributed by atoms with Crippen molar-refractivity contribution in [3.63, 3.8) is 0 Å². The summed E-state index contributed by atoms with van der Waals surface area (Å²) in [7, 11) is 0. The number of aliphatic hydroxyl groups is 1. The zero-order chi connectivity index (χ0) is 19.6. The van der Waals surface area contributed by atoms with E-state index in [1.54, 1.807) is 0 Å². The van der Waals surface area contributed by atoms with E-state index in [-0.39, 0.29) is 36.0 Å². The lowest BCUT2D eigenvalue weighted by Crippen LogP contribution is -2.24. The van der Waals surface area contributed by atoms with Crippen molar-refractivity contribution < 1.29 is 24.2 Å². The quantitative estimate of drug-likeness (QED) is 0.596. The van der Waals surface area contributed by atoms with Gasteiger partial charge in [-0.2, -0.15) is 0 Å². The van der Waals surface area contributed by atoms with Crippen LogP contribution in [0.3, 0.4) is 0 Å². The van der Waals surface area contributed by atoms with Gasteiger partial charge in [-0.1, -0.05) is 37.3 Å². The predicted molar refractivity (Wildman–Crippen MR) is 104 cm³/mol. The van der Waals surface area contributed by atoms with Crippen molar-refractivity contribution in [3.8, 4) is 0 Å².